The number of thiophene rings is 1. The number of nitrogens with zero attached hydrogens (tertiary/aromatic N) is 5. The second-order valence-corrected chi connectivity index (χ2v) is 14.9. The number of benzene rings is 1. The van der Waals surface area contributed by atoms with Gasteiger partial charge in [0, 0.05) is 57.4 Å². The van der Waals surface area contributed by atoms with Gasteiger partial charge in [0.15, 0.2) is 0 Å². The molecule has 5 heterocycles. The minimum atomic E-state index is -4.50. The van der Waals surface area contributed by atoms with Crippen LogP contribution in [0.3, 0.4) is 0 Å². The quantitative estimate of drug-likeness (QED) is 0.206. The Hall–Kier alpha value is -3.50. The van der Waals surface area contributed by atoms with Crippen molar-refractivity contribution in [2.45, 2.75) is 41.9 Å². The lowest BCUT2D eigenvalue weighted by atomic mass is 10.1. The maximum Gasteiger partial charge on any atom is 0.416 e. The van der Waals surface area contributed by atoms with Gasteiger partial charge in [-0.05, 0) is 54.1 Å². The summed E-state index contributed by atoms with van der Waals surface area (Å²) in [7, 11) is -2.02. The van der Waals surface area contributed by atoms with Crippen molar-refractivity contribution in [2.24, 2.45) is 0 Å². The van der Waals surface area contributed by atoms with Gasteiger partial charge in [0.2, 0.25) is 5.91 Å². The van der Waals surface area contributed by atoms with Crippen LogP contribution in [0, 0.1) is 0 Å². The molecule has 0 saturated carbocycles. The number of hydrogen-bond acceptors (Lipinski definition) is 7. The molecule has 0 radical (unpaired) electrons. The highest BCUT2D eigenvalue weighted by Gasteiger charge is 2.50. The smallest absolute Gasteiger partial charge is 0.354 e. The van der Waals surface area contributed by atoms with Crippen molar-refractivity contribution in [1.29, 1.82) is 0 Å². The van der Waals surface area contributed by atoms with Crippen LogP contribution >= 0.6 is 22.9 Å². The van der Waals surface area contributed by atoms with Crippen molar-refractivity contribution in [3.8, 4) is 11.3 Å². The number of carbonyl (C=O) groups is 1. The topological polar surface area (TPSA) is 81.7 Å². The molecule has 1 aromatic carbocycles. The lowest BCUT2D eigenvalue weighted by Crippen LogP contribution is -2.46. The molecule has 2 aliphatic heterocycles. The van der Waals surface area contributed by atoms with E-state index in [1.165, 1.54) is 24.3 Å². The summed E-state index contributed by atoms with van der Waals surface area (Å²) in [5, 5.41) is 2.71. The normalized spacial score (nSPS) is 19.4. The second-order valence-electron chi connectivity index (χ2n) is 11.6. The number of piperazine rings is 1. The summed E-state index contributed by atoms with van der Waals surface area (Å²) in [5.41, 5.74) is 1.57. The number of carbonyl (C=O) groups excluding carboxylic acids is 1. The van der Waals surface area contributed by atoms with Crippen LogP contribution in [0.1, 0.15) is 23.2 Å². The van der Waals surface area contributed by atoms with Gasteiger partial charge < -0.3 is 10.2 Å². The minimum absolute atomic E-state index is 0.0744. The van der Waals surface area contributed by atoms with E-state index in [2.05, 4.69) is 20.1 Å². The van der Waals surface area contributed by atoms with Crippen LogP contribution in [0.15, 0.2) is 77.1 Å². The van der Waals surface area contributed by atoms with Crippen molar-refractivity contribution >= 4 is 45.6 Å². The number of aromatic nitrogens is 2. The van der Waals surface area contributed by atoms with E-state index in [1.54, 1.807) is 18.3 Å². The first-order valence-corrected chi connectivity index (χ1v) is 17.3. The third kappa shape index (κ3) is 8.20. The molecule has 8 nitrogen and oxygen atoms in total. The maximum atomic E-state index is 14.5. The van der Waals surface area contributed by atoms with E-state index in [0.717, 1.165) is 33.5 Å². The van der Waals surface area contributed by atoms with Crippen LogP contribution in [0.2, 0.25) is 4.34 Å². The Morgan fingerprint density at radius 3 is 2.44 bits per heavy atom. The van der Waals surface area contributed by atoms with Crippen molar-refractivity contribution in [1.82, 2.24) is 24.5 Å². The van der Waals surface area contributed by atoms with Crippen molar-refractivity contribution < 1.29 is 31.0 Å². The summed E-state index contributed by atoms with van der Waals surface area (Å²) < 4.78 is 83.5. The van der Waals surface area contributed by atoms with Crippen molar-refractivity contribution in [2.75, 3.05) is 37.6 Å². The molecule has 1 N–H and O–H groups in total. The Morgan fingerprint density at radius 1 is 1.04 bits per heavy atom. The minimum Gasteiger partial charge on any atom is -0.354 e. The lowest BCUT2D eigenvalue weighted by Gasteiger charge is -2.35. The molecule has 2 unspecified atom stereocenters. The zero-order valence-electron chi connectivity index (χ0n) is 25.3. The fraction of sp³-hybridized carbons (Fsp3) is 0.344. The van der Waals surface area contributed by atoms with E-state index >= 15 is 0 Å². The van der Waals surface area contributed by atoms with Crippen LogP contribution in [-0.2, 0) is 35.0 Å². The highest BCUT2D eigenvalue weighted by Crippen LogP contribution is 2.37. The summed E-state index contributed by atoms with van der Waals surface area (Å²) in [5.74, 6) is -3.38. The number of pyridine rings is 2. The molecule has 2 atom stereocenters. The van der Waals surface area contributed by atoms with Gasteiger partial charge in [0.1, 0.15) is 27.1 Å². The molecule has 0 spiro atoms. The molecule has 16 heteroatoms. The number of hydrogen-bond donors (Lipinski definition) is 1. The van der Waals surface area contributed by atoms with Crippen LogP contribution in [-0.4, -0.2) is 74.0 Å². The number of amides is 1. The predicted octanol–water partition coefficient (Wildman–Crippen LogP) is 6.25. The molecule has 2 saturated heterocycles. The fourth-order valence-electron chi connectivity index (χ4n) is 5.67. The third-order valence-electron chi connectivity index (χ3n) is 8.12. The summed E-state index contributed by atoms with van der Waals surface area (Å²) in [6.07, 6.45) is -3.55. The zero-order valence-corrected chi connectivity index (χ0v) is 27.7. The zero-order chi connectivity index (χ0) is 34.1. The lowest BCUT2D eigenvalue weighted by molar-refractivity contribution is -0.137. The molecule has 2 fully saturated rings. The van der Waals surface area contributed by atoms with E-state index < -0.39 is 53.6 Å². The fourth-order valence-corrected chi connectivity index (χ4v) is 8.55. The van der Waals surface area contributed by atoms with Gasteiger partial charge in [-0.15, -0.1) is 11.3 Å². The Morgan fingerprint density at radius 2 is 1.79 bits per heavy atom. The maximum absolute atomic E-state index is 14.5. The van der Waals surface area contributed by atoms with Gasteiger partial charge in [-0.1, -0.05) is 29.8 Å². The second kappa shape index (κ2) is 14.2. The van der Waals surface area contributed by atoms with E-state index in [-0.39, 0.29) is 10.8 Å². The van der Waals surface area contributed by atoms with Gasteiger partial charge in [0.25, 0.3) is 5.92 Å². The number of alkyl halides is 5. The summed E-state index contributed by atoms with van der Waals surface area (Å²) >= 11 is 6.94. The van der Waals surface area contributed by atoms with Crippen LogP contribution in [0.5, 0.6) is 0 Å². The molecule has 254 valence electrons. The highest BCUT2D eigenvalue weighted by molar-refractivity contribution is 7.85. The van der Waals surface area contributed by atoms with Crippen molar-refractivity contribution in [3.63, 3.8) is 0 Å². The Balaban J connectivity index is 1.21. The highest BCUT2D eigenvalue weighted by atomic mass is 35.5. The molecular weight excluding hydrogens is 695 g/mol. The first-order valence-electron chi connectivity index (χ1n) is 15.0. The molecule has 0 aliphatic carbocycles. The van der Waals surface area contributed by atoms with E-state index in [4.69, 9.17) is 16.6 Å². The molecule has 48 heavy (non-hydrogen) atoms. The largest absolute Gasteiger partial charge is 0.416 e. The summed E-state index contributed by atoms with van der Waals surface area (Å²) in [6, 6.07) is 15.5. The third-order valence-corrected chi connectivity index (χ3v) is 11.1. The number of nitrogens with one attached hydrogen (secondary N) is 1. The number of anilines is 1. The van der Waals surface area contributed by atoms with E-state index in [0.29, 0.717) is 59.7 Å². The first kappa shape index (κ1) is 34.4. The first-order chi connectivity index (χ1) is 22.8. The summed E-state index contributed by atoms with van der Waals surface area (Å²) in [4.78, 5) is 26.8. The van der Waals surface area contributed by atoms with Gasteiger partial charge in [0.05, 0.1) is 27.8 Å². The molecule has 6 rings (SSSR count). The molecule has 1 amide bonds. The van der Waals surface area contributed by atoms with Crippen LogP contribution < -0.4 is 10.2 Å². The number of rotatable bonds is 9. The molecule has 4 aromatic rings. The van der Waals surface area contributed by atoms with Crippen LogP contribution in [0.4, 0.5) is 27.8 Å². The number of halogens is 6. The SMILES string of the molecule is O=C(NCc1cc(-c2ccc(C(F)(F)F)cc2)nc(N2CCN(Cc3ccccn3)CC2)c1)C1CC(F)(F)CN1S(=O)c1ccc(Cl)s1. The van der Waals surface area contributed by atoms with E-state index in [1.807, 2.05) is 18.2 Å². The Kier molecular flexibility index (Phi) is 10.1. The average Bonchev–Trinajstić information content (AvgIpc) is 3.65. The summed E-state index contributed by atoms with van der Waals surface area (Å²) in [6.45, 7) is 2.43. The molecule has 3 aromatic heterocycles. The van der Waals surface area contributed by atoms with Gasteiger partial charge in [-0.3, -0.25) is 14.7 Å². The molecule has 0 bridgehead atoms. The van der Waals surface area contributed by atoms with Crippen LogP contribution in [0.25, 0.3) is 11.3 Å². The molecular formula is C32H30ClF5N6O2S2. The standard InChI is InChI=1S/C32H30ClF5N6O2S2/c33-27-8-9-29(47-27)48(46)44-20-31(34,35)17-26(44)30(45)40-18-21-15-25(22-4-6-23(7-5-22)32(36,37)38)41-28(16-21)43-13-11-42(12-14-43)19-24-3-1-2-10-39-24/h1-10,15-16,26H,11-14,17-20H2,(H,40,45). The van der Waals surface area contributed by atoms with Gasteiger partial charge >= 0.3 is 6.18 Å². The van der Waals surface area contributed by atoms with Gasteiger partial charge in [-0.25, -0.2) is 22.3 Å². The van der Waals surface area contributed by atoms with Gasteiger partial charge in [-0.2, -0.15) is 13.2 Å². The monoisotopic (exact) mass is 724 g/mol. The Bertz CT molecular complexity index is 1770. The van der Waals surface area contributed by atoms with E-state index in [9.17, 15) is 31.0 Å². The predicted molar refractivity (Wildman–Crippen MR) is 174 cm³/mol. The molecule has 2 aliphatic rings. The van der Waals surface area contributed by atoms with Crippen molar-refractivity contribution in [3.05, 3.63) is 94.1 Å². The Labute approximate surface area is 285 Å². The average molecular weight is 725 g/mol.